The number of rotatable bonds is 3. The van der Waals surface area contributed by atoms with Crippen molar-refractivity contribution in [3.8, 4) is 11.8 Å². The molecule has 0 radical (unpaired) electrons. The highest BCUT2D eigenvalue weighted by molar-refractivity contribution is 7.93. The summed E-state index contributed by atoms with van der Waals surface area (Å²) < 4.78 is 63.1. The molecule has 0 aromatic heterocycles. The van der Waals surface area contributed by atoms with E-state index in [0.717, 1.165) is 24.3 Å². The molecule has 7 nitrogen and oxygen atoms in total. The summed E-state index contributed by atoms with van der Waals surface area (Å²) in [7, 11) is -3.97. The summed E-state index contributed by atoms with van der Waals surface area (Å²) in [5.74, 6) is -2.01. The highest BCUT2D eigenvalue weighted by Crippen LogP contribution is 2.33. The summed E-state index contributed by atoms with van der Waals surface area (Å²) in [6.07, 6.45) is -4.67. The molecule has 28 heavy (non-hydrogen) atoms. The second-order valence-electron chi connectivity index (χ2n) is 6.04. The van der Waals surface area contributed by atoms with E-state index in [1.165, 1.54) is 12.1 Å². The van der Waals surface area contributed by atoms with Crippen LogP contribution < -0.4 is 9.84 Å². The van der Waals surface area contributed by atoms with Gasteiger partial charge in [-0.1, -0.05) is 6.07 Å². The van der Waals surface area contributed by atoms with Crippen molar-refractivity contribution in [3.63, 3.8) is 0 Å². The van der Waals surface area contributed by atoms with Crippen LogP contribution in [0.3, 0.4) is 0 Å². The number of sulfonamides is 1. The molecule has 0 unspecified atom stereocenters. The molecule has 1 amide bonds. The van der Waals surface area contributed by atoms with Crippen molar-refractivity contribution in [2.75, 3.05) is 10.2 Å². The van der Waals surface area contributed by atoms with Gasteiger partial charge in [0, 0.05) is 0 Å². The largest absolute Gasteiger partial charge is 0.506 e. The van der Waals surface area contributed by atoms with Crippen LogP contribution >= 0.6 is 0 Å². The SMILES string of the molecule is N#Cc1ccc(C(F)(F)F)cc1Cc1ccc(N2NC(=O)CS2(=O)=O)c(O)c1. The molecule has 0 aliphatic carbocycles. The van der Waals surface area contributed by atoms with Gasteiger partial charge in [0.2, 0.25) is 0 Å². The van der Waals surface area contributed by atoms with Crippen LogP contribution in [0.2, 0.25) is 0 Å². The Balaban J connectivity index is 1.94. The molecule has 0 saturated carbocycles. The third-order valence-corrected chi connectivity index (χ3v) is 5.50. The number of alkyl halides is 3. The van der Waals surface area contributed by atoms with Crippen LogP contribution in [-0.4, -0.2) is 25.2 Å². The number of aromatic hydroxyl groups is 1. The number of phenols is 1. The zero-order chi connectivity index (χ0) is 20.7. The Kier molecular flexibility index (Phi) is 4.68. The number of hydrogen-bond donors (Lipinski definition) is 2. The minimum absolute atomic E-state index is 0.0472. The molecule has 1 aliphatic rings. The quantitative estimate of drug-likeness (QED) is 0.803. The highest BCUT2D eigenvalue weighted by atomic mass is 32.2. The lowest BCUT2D eigenvalue weighted by molar-refractivity contribution is -0.137. The molecule has 1 heterocycles. The minimum Gasteiger partial charge on any atom is -0.506 e. The number of hydrazine groups is 1. The fourth-order valence-electron chi connectivity index (χ4n) is 2.75. The number of benzene rings is 2. The van der Waals surface area contributed by atoms with Gasteiger partial charge in [-0.15, -0.1) is 0 Å². The Morgan fingerprint density at radius 2 is 1.93 bits per heavy atom. The average Bonchev–Trinajstić information content (AvgIpc) is 2.86. The molecule has 3 rings (SSSR count). The number of nitriles is 1. The van der Waals surface area contributed by atoms with Crippen LogP contribution in [0.4, 0.5) is 18.9 Å². The van der Waals surface area contributed by atoms with Gasteiger partial charge in [-0.05, 0) is 47.9 Å². The van der Waals surface area contributed by atoms with E-state index in [-0.39, 0.29) is 23.2 Å². The number of nitrogens with one attached hydrogen (secondary N) is 1. The maximum Gasteiger partial charge on any atom is 0.416 e. The van der Waals surface area contributed by atoms with Crippen LogP contribution in [0.5, 0.6) is 5.75 Å². The number of halogens is 3. The second-order valence-corrected chi connectivity index (χ2v) is 7.85. The van der Waals surface area contributed by atoms with Crippen LogP contribution in [0, 0.1) is 11.3 Å². The van der Waals surface area contributed by atoms with Crippen molar-refractivity contribution in [3.05, 3.63) is 58.7 Å². The molecule has 0 spiro atoms. The van der Waals surface area contributed by atoms with E-state index in [4.69, 9.17) is 5.26 Å². The zero-order valence-corrected chi connectivity index (χ0v) is 14.8. The zero-order valence-electron chi connectivity index (χ0n) is 14.0. The summed E-state index contributed by atoms with van der Waals surface area (Å²) in [5, 5.41) is 19.3. The molecule has 0 atom stereocenters. The van der Waals surface area contributed by atoms with E-state index >= 15 is 0 Å². The number of hydrogen-bond acceptors (Lipinski definition) is 5. The minimum atomic E-state index is -4.57. The maximum absolute atomic E-state index is 12.9. The van der Waals surface area contributed by atoms with Gasteiger partial charge in [0.1, 0.15) is 11.4 Å². The summed E-state index contributed by atoms with van der Waals surface area (Å²) in [4.78, 5) is 11.3. The molecule has 2 N–H and O–H groups in total. The van der Waals surface area contributed by atoms with Gasteiger partial charge in [0.05, 0.1) is 17.2 Å². The Morgan fingerprint density at radius 3 is 2.46 bits per heavy atom. The molecule has 0 bridgehead atoms. The third-order valence-electron chi connectivity index (χ3n) is 4.02. The summed E-state index contributed by atoms with van der Waals surface area (Å²) in [6, 6.07) is 8.31. The van der Waals surface area contributed by atoms with Gasteiger partial charge < -0.3 is 5.11 Å². The number of nitrogens with zero attached hydrogens (tertiary/aromatic N) is 2. The van der Waals surface area contributed by atoms with Gasteiger partial charge in [-0.3, -0.25) is 10.2 Å². The number of phenolic OH excluding ortho intramolecular Hbond substituents is 1. The summed E-state index contributed by atoms with van der Waals surface area (Å²) >= 11 is 0. The summed E-state index contributed by atoms with van der Waals surface area (Å²) in [6.45, 7) is 0. The Labute approximate surface area is 157 Å². The van der Waals surface area contributed by atoms with Crippen molar-refractivity contribution in [2.45, 2.75) is 12.6 Å². The average molecular weight is 411 g/mol. The fraction of sp³-hybridized carbons (Fsp3) is 0.176. The predicted molar refractivity (Wildman–Crippen MR) is 91.5 cm³/mol. The van der Waals surface area contributed by atoms with Crippen LogP contribution in [-0.2, 0) is 27.4 Å². The highest BCUT2D eigenvalue weighted by Gasteiger charge is 2.36. The van der Waals surface area contributed by atoms with Crippen molar-refractivity contribution in [2.24, 2.45) is 0 Å². The Bertz CT molecular complexity index is 1110. The lowest BCUT2D eigenvalue weighted by Gasteiger charge is -2.18. The van der Waals surface area contributed by atoms with E-state index in [2.05, 4.69) is 5.43 Å². The standard InChI is InChI=1S/C17H12F3N3O4S/c18-17(19,20)13-3-2-11(8-21)12(7-13)5-10-1-4-14(15(24)6-10)23-22-16(25)9-28(23,26)27/h1-4,6-7,24H,5,9H2,(H,22,25). The first-order chi connectivity index (χ1) is 13.0. The number of anilines is 1. The lowest BCUT2D eigenvalue weighted by Crippen LogP contribution is -2.35. The molecular weight excluding hydrogens is 399 g/mol. The Hall–Kier alpha value is -3.26. The molecule has 2 aromatic rings. The van der Waals surface area contributed by atoms with Gasteiger partial charge >= 0.3 is 6.18 Å². The van der Waals surface area contributed by atoms with Crippen molar-refractivity contribution in [1.82, 2.24) is 5.43 Å². The molecule has 2 aromatic carbocycles. The second kappa shape index (κ2) is 6.72. The van der Waals surface area contributed by atoms with Gasteiger partial charge in [-0.25, -0.2) is 8.42 Å². The topological polar surface area (TPSA) is 111 Å². The first-order valence-electron chi connectivity index (χ1n) is 7.76. The first-order valence-corrected chi connectivity index (χ1v) is 9.37. The summed E-state index contributed by atoms with van der Waals surface area (Å²) in [5.41, 5.74) is 1.48. The van der Waals surface area contributed by atoms with E-state index in [1.807, 2.05) is 6.07 Å². The number of amides is 1. The molecule has 146 valence electrons. The smallest absolute Gasteiger partial charge is 0.416 e. The Morgan fingerprint density at radius 1 is 1.21 bits per heavy atom. The van der Waals surface area contributed by atoms with Gasteiger partial charge in [0.15, 0.2) is 5.75 Å². The van der Waals surface area contributed by atoms with Gasteiger partial charge in [-0.2, -0.15) is 22.8 Å². The van der Waals surface area contributed by atoms with E-state index in [1.54, 1.807) is 0 Å². The van der Waals surface area contributed by atoms with Crippen molar-refractivity contribution in [1.29, 1.82) is 5.26 Å². The molecule has 1 aliphatic heterocycles. The van der Waals surface area contributed by atoms with Crippen molar-refractivity contribution >= 4 is 21.6 Å². The normalized spacial score (nSPS) is 15.9. The molecule has 1 saturated heterocycles. The fourth-order valence-corrected chi connectivity index (χ4v) is 3.97. The lowest BCUT2D eigenvalue weighted by atomic mass is 9.97. The number of carbonyl (C=O) groups excluding carboxylic acids is 1. The first kappa shape index (κ1) is 19.5. The third kappa shape index (κ3) is 3.72. The van der Waals surface area contributed by atoms with E-state index < -0.39 is 39.2 Å². The molecular formula is C17H12F3N3O4S. The van der Waals surface area contributed by atoms with Crippen LogP contribution in [0.1, 0.15) is 22.3 Å². The van der Waals surface area contributed by atoms with Crippen molar-refractivity contribution < 1.29 is 31.5 Å². The molecule has 11 heteroatoms. The molecule has 1 fully saturated rings. The van der Waals surface area contributed by atoms with E-state index in [0.29, 0.717) is 9.98 Å². The van der Waals surface area contributed by atoms with E-state index in [9.17, 15) is 31.5 Å². The number of carbonyl (C=O) groups is 1. The van der Waals surface area contributed by atoms with Crippen LogP contribution in [0.15, 0.2) is 36.4 Å². The maximum atomic E-state index is 12.9. The van der Waals surface area contributed by atoms with Gasteiger partial charge in [0.25, 0.3) is 15.9 Å². The van der Waals surface area contributed by atoms with Crippen LogP contribution in [0.25, 0.3) is 0 Å². The monoisotopic (exact) mass is 411 g/mol. The predicted octanol–water partition coefficient (Wildman–Crippen LogP) is 2.05.